The summed E-state index contributed by atoms with van der Waals surface area (Å²) in [6, 6.07) is 16.5. The number of amides is 1. The SMILES string of the molecule is O=C(CCc1ccccc1)N1CCc2c(sc3ncn(Cc4ccccc4F)c(=O)c23)C1. The van der Waals surface area contributed by atoms with Crippen LogP contribution in [0, 0.1) is 5.82 Å². The lowest BCUT2D eigenvalue weighted by atomic mass is 10.0. The molecule has 0 fully saturated rings. The van der Waals surface area contributed by atoms with Gasteiger partial charge in [-0.05, 0) is 30.0 Å². The van der Waals surface area contributed by atoms with Gasteiger partial charge in [-0.1, -0.05) is 48.5 Å². The van der Waals surface area contributed by atoms with E-state index < -0.39 is 0 Å². The maximum Gasteiger partial charge on any atom is 0.262 e. The highest BCUT2D eigenvalue weighted by Crippen LogP contribution is 2.32. The van der Waals surface area contributed by atoms with Crippen LogP contribution in [0.5, 0.6) is 0 Å². The van der Waals surface area contributed by atoms with E-state index in [0.29, 0.717) is 41.7 Å². The number of rotatable bonds is 5. The van der Waals surface area contributed by atoms with Crippen LogP contribution in [-0.4, -0.2) is 26.9 Å². The van der Waals surface area contributed by atoms with Crippen LogP contribution in [0.3, 0.4) is 0 Å². The number of aromatic nitrogens is 2. The molecule has 5 nitrogen and oxygen atoms in total. The molecule has 0 bridgehead atoms. The van der Waals surface area contributed by atoms with E-state index >= 15 is 0 Å². The van der Waals surface area contributed by atoms with Gasteiger partial charge in [-0.25, -0.2) is 9.37 Å². The largest absolute Gasteiger partial charge is 0.337 e. The second kappa shape index (κ2) is 8.67. The van der Waals surface area contributed by atoms with E-state index in [9.17, 15) is 14.0 Å². The molecule has 3 heterocycles. The van der Waals surface area contributed by atoms with Crippen molar-refractivity contribution < 1.29 is 9.18 Å². The molecule has 0 saturated carbocycles. The number of carbonyl (C=O) groups is 1. The second-order valence-electron chi connectivity index (χ2n) is 8.00. The quantitative estimate of drug-likeness (QED) is 0.462. The summed E-state index contributed by atoms with van der Waals surface area (Å²) < 4.78 is 15.5. The van der Waals surface area contributed by atoms with E-state index in [1.165, 1.54) is 28.3 Å². The highest BCUT2D eigenvalue weighted by atomic mass is 32.1. The number of thiophene rings is 1. The fourth-order valence-electron chi connectivity index (χ4n) is 4.21. The smallest absolute Gasteiger partial charge is 0.262 e. The van der Waals surface area contributed by atoms with Crippen molar-refractivity contribution in [3.8, 4) is 0 Å². The lowest BCUT2D eigenvalue weighted by Gasteiger charge is -2.27. The molecule has 0 unspecified atom stereocenters. The van der Waals surface area contributed by atoms with E-state index in [1.54, 1.807) is 18.2 Å². The molecule has 0 radical (unpaired) electrons. The van der Waals surface area contributed by atoms with Crippen molar-refractivity contribution in [1.29, 1.82) is 0 Å². The number of carbonyl (C=O) groups excluding carboxylic acids is 1. The summed E-state index contributed by atoms with van der Waals surface area (Å²) in [5, 5.41) is 0.611. The first-order valence-corrected chi connectivity index (χ1v) is 11.5. The molecule has 162 valence electrons. The van der Waals surface area contributed by atoms with Crippen LogP contribution >= 0.6 is 11.3 Å². The second-order valence-corrected chi connectivity index (χ2v) is 9.09. The number of nitrogens with zero attached hydrogens (tertiary/aromatic N) is 3. The average Bonchev–Trinajstić information content (AvgIpc) is 3.20. The van der Waals surface area contributed by atoms with Crippen molar-refractivity contribution in [2.45, 2.75) is 32.4 Å². The third-order valence-corrected chi connectivity index (χ3v) is 7.07. The highest BCUT2D eigenvalue weighted by molar-refractivity contribution is 7.18. The molecule has 2 aromatic heterocycles. The lowest BCUT2D eigenvalue weighted by Crippen LogP contribution is -2.35. The summed E-state index contributed by atoms with van der Waals surface area (Å²) in [6.07, 6.45) is 3.31. The molecule has 4 aromatic rings. The molecular formula is C25H22FN3O2S. The molecule has 1 amide bonds. The van der Waals surface area contributed by atoms with Crippen molar-refractivity contribution in [2.75, 3.05) is 6.54 Å². The Morgan fingerprint density at radius 1 is 1.09 bits per heavy atom. The Morgan fingerprint density at radius 2 is 1.88 bits per heavy atom. The van der Waals surface area contributed by atoms with E-state index in [2.05, 4.69) is 4.98 Å². The monoisotopic (exact) mass is 447 g/mol. The summed E-state index contributed by atoms with van der Waals surface area (Å²) in [7, 11) is 0. The van der Waals surface area contributed by atoms with Gasteiger partial charge in [0.25, 0.3) is 5.56 Å². The Balaban J connectivity index is 1.36. The van der Waals surface area contributed by atoms with Gasteiger partial charge in [-0.2, -0.15) is 0 Å². The molecule has 0 saturated heterocycles. The van der Waals surface area contributed by atoms with Gasteiger partial charge < -0.3 is 4.90 Å². The summed E-state index contributed by atoms with van der Waals surface area (Å²) in [5.74, 6) is -0.210. The molecule has 1 aliphatic heterocycles. The van der Waals surface area contributed by atoms with E-state index in [1.807, 2.05) is 35.2 Å². The fraction of sp³-hybridized carbons (Fsp3) is 0.240. The number of halogens is 1. The highest BCUT2D eigenvalue weighted by Gasteiger charge is 2.26. The van der Waals surface area contributed by atoms with Gasteiger partial charge in [0.2, 0.25) is 5.91 Å². The van der Waals surface area contributed by atoms with Crippen molar-refractivity contribution >= 4 is 27.5 Å². The summed E-state index contributed by atoms with van der Waals surface area (Å²) in [5.41, 5.74) is 2.44. The maximum atomic E-state index is 14.1. The zero-order valence-electron chi connectivity index (χ0n) is 17.5. The minimum atomic E-state index is -0.337. The molecular weight excluding hydrogens is 425 g/mol. The Hall–Kier alpha value is -3.32. The Kier molecular flexibility index (Phi) is 5.57. The topological polar surface area (TPSA) is 55.2 Å². The third kappa shape index (κ3) is 3.96. The normalized spacial score (nSPS) is 13.3. The molecule has 2 aromatic carbocycles. The van der Waals surface area contributed by atoms with Gasteiger partial charge in [-0.3, -0.25) is 14.2 Å². The van der Waals surface area contributed by atoms with Crippen LogP contribution in [0.2, 0.25) is 0 Å². The molecule has 7 heteroatoms. The van der Waals surface area contributed by atoms with Crippen LogP contribution in [-0.2, 0) is 30.7 Å². The number of fused-ring (bicyclic) bond motifs is 3. The number of hydrogen-bond donors (Lipinski definition) is 0. The Labute approximate surface area is 188 Å². The molecule has 0 N–H and O–H groups in total. The predicted molar refractivity (Wildman–Crippen MR) is 123 cm³/mol. The zero-order valence-corrected chi connectivity index (χ0v) is 18.3. The Morgan fingerprint density at radius 3 is 2.69 bits per heavy atom. The lowest BCUT2D eigenvalue weighted by molar-refractivity contribution is -0.132. The minimum Gasteiger partial charge on any atom is -0.337 e. The first-order valence-electron chi connectivity index (χ1n) is 10.6. The van der Waals surface area contributed by atoms with Crippen LogP contribution in [0.25, 0.3) is 10.2 Å². The summed E-state index contributed by atoms with van der Waals surface area (Å²) in [4.78, 5) is 34.0. The summed E-state index contributed by atoms with van der Waals surface area (Å²) >= 11 is 1.48. The van der Waals surface area contributed by atoms with Gasteiger partial charge in [0.15, 0.2) is 0 Å². The van der Waals surface area contributed by atoms with Gasteiger partial charge >= 0.3 is 0 Å². The molecule has 1 aliphatic rings. The van der Waals surface area contributed by atoms with Crippen molar-refractivity contribution in [3.63, 3.8) is 0 Å². The van der Waals surface area contributed by atoms with Gasteiger partial charge in [0.05, 0.1) is 24.8 Å². The molecule has 5 rings (SSSR count). The number of aryl methyl sites for hydroxylation is 1. The van der Waals surface area contributed by atoms with Crippen LogP contribution in [0.1, 0.15) is 28.0 Å². The standard InChI is InChI=1S/C25H22FN3O2S/c26-20-9-5-4-8-18(20)14-29-16-27-24-23(25(29)31)19-12-13-28(15-21(19)32-24)22(30)11-10-17-6-2-1-3-7-17/h1-9,16H,10-15H2. The summed E-state index contributed by atoms with van der Waals surface area (Å²) in [6.45, 7) is 1.24. The van der Waals surface area contributed by atoms with Gasteiger partial charge in [0, 0.05) is 23.4 Å². The first kappa shape index (κ1) is 20.6. The third-order valence-electron chi connectivity index (χ3n) is 5.95. The maximum absolute atomic E-state index is 14.1. The molecule has 0 atom stereocenters. The minimum absolute atomic E-state index is 0.127. The van der Waals surface area contributed by atoms with Crippen LogP contribution in [0.15, 0.2) is 65.7 Å². The zero-order chi connectivity index (χ0) is 22.1. The number of hydrogen-bond acceptors (Lipinski definition) is 4. The predicted octanol–water partition coefficient (Wildman–Crippen LogP) is 4.16. The van der Waals surface area contributed by atoms with Gasteiger partial charge in [0.1, 0.15) is 10.6 Å². The van der Waals surface area contributed by atoms with Crippen LogP contribution in [0.4, 0.5) is 4.39 Å². The van der Waals surface area contributed by atoms with Crippen molar-refractivity contribution in [1.82, 2.24) is 14.5 Å². The number of benzene rings is 2. The van der Waals surface area contributed by atoms with Crippen molar-refractivity contribution in [3.05, 3.63) is 98.7 Å². The van der Waals surface area contributed by atoms with E-state index in [4.69, 9.17) is 0 Å². The van der Waals surface area contributed by atoms with Crippen LogP contribution < -0.4 is 5.56 Å². The van der Waals surface area contributed by atoms with Gasteiger partial charge in [-0.15, -0.1) is 11.3 Å². The van der Waals surface area contributed by atoms with Crippen molar-refractivity contribution in [2.24, 2.45) is 0 Å². The first-order chi connectivity index (χ1) is 15.6. The molecule has 32 heavy (non-hydrogen) atoms. The molecule has 0 aliphatic carbocycles. The Bertz CT molecular complexity index is 1350. The fourth-order valence-corrected chi connectivity index (χ4v) is 5.40. The molecule has 0 spiro atoms. The average molecular weight is 448 g/mol. The van der Waals surface area contributed by atoms with E-state index in [-0.39, 0.29) is 23.8 Å². The van der Waals surface area contributed by atoms with E-state index in [0.717, 1.165) is 22.4 Å².